The van der Waals surface area contributed by atoms with Gasteiger partial charge in [-0.1, -0.05) is 40.0 Å². The SMILES string of the molecule is CCCCC(CC)COC(C)CC(C)(CO)NCCC. The molecule has 0 aromatic rings. The monoisotopic (exact) mass is 287 g/mol. The third-order valence-corrected chi connectivity index (χ3v) is 4.05. The number of aliphatic hydroxyl groups is 1. The van der Waals surface area contributed by atoms with Crippen molar-refractivity contribution in [3.63, 3.8) is 0 Å². The van der Waals surface area contributed by atoms with Gasteiger partial charge in [0, 0.05) is 12.1 Å². The molecular weight excluding hydrogens is 250 g/mol. The second-order valence-electron chi connectivity index (χ2n) is 6.41. The predicted molar refractivity (Wildman–Crippen MR) is 87.1 cm³/mol. The number of unbranched alkanes of at least 4 members (excludes halogenated alkanes) is 1. The number of hydrogen-bond acceptors (Lipinski definition) is 3. The van der Waals surface area contributed by atoms with Crippen LogP contribution in [0.4, 0.5) is 0 Å². The second kappa shape index (κ2) is 11.5. The Morgan fingerprint density at radius 2 is 1.90 bits per heavy atom. The van der Waals surface area contributed by atoms with Crippen LogP contribution in [0.5, 0.6) is 0 Å². The van der Waals surface area contributed by atoms with E-state index in [4.69, 9.17) is 4.74 Å². The molecule has 0 bridgehead atoms. The lowest BCUT2D eigenvalue weighted by Gasteiger charge is -2.32. The topological polar surface area (TPSA) is 41.5 Å². The molecule has 0 spiro atoms. The highest BCUT2D eigenvalue weighted by Crippen LogP contribution is 2.18. The molecular formula is C17H37NO2. The Kier molecular flexibility index (Phi) is 11.5. The molecule has 0 aliphatic rings. The van der Waals surface area contributed by atoms with Crippen LogP contribution in [0.1, 0.15) is 73.1 Å². The molecule has 0 amide bonds. The third kappa shape index (κ3) is 8.93. The van der Waals surface area contributed by atoms with Crippen LogP contribution in [-0.4, -0.2) is 36.5 Å². The number of nitrogens with one attached hydrogen (secondary N) is 1. The Morgan fingerprint density at radius 1 is 1.20 bits per heavy atom. The molecule has 3 heteroatoms. The Bertz CT molecular complexity index is 223. The molecule has 3 atom stereocenters. The fourth-order valence-corrected chi connectivity index (χ4v) is 2.51. The summed E-state index contributed by atoms with van der Waals surface area (Å²) in [5, 5.41) is 13.0. The van der Waals surface area contributed by atoms with Crippen molar-refractivity contribution in [1.82, 2.24) is 5.32 Å². The smallest absolute Gasteiger partial charge is 0.0611 e. The number of hydrogen-bond donors (Lipinski definition) is 2. The molecule has 20 heavy (non-hydrogen) atoms. The molecule has 122 valence electrons. The normalized spacial score (nSPS) is 17.7. The summed E-state index contributed by atoms with van der Waals surface area (Å²) in [4.78, 5) is 0. The minimum Gasteiger partial charge on any atom is -0.394 e. The van der Waals surface area contributed by atoms with Crippen LogP contribution >= 0.6 is 0 Å². The third-order valence-electron chi connectivity index (χ3n) is 4.05. The highest BCUT2D eigenvalue weighted by molar-refractivity contribution is 4.84. The lowest BCUT2D eigenvalue weighted by molar-refractivity contribution is 0.00776. The Morgan fingerprint density at radius 3 is 2.40 bits per heavy atom. The van der Waals surface area contributed by atoms with Crippen molar-refractivity contribution >= 4 is 0 Å². The van der Waals surface area contributed by atoms with E-state index in [1.807, 2.05) is 0 Å². The number of rotatable bonds is 13. The van der Waals surface area contributed by atoms with Crippen LogP contribution in [0, 0.1) is 5.92 Å². The van der Waals surface area contributed by atoms with Crippen LogP contribution in [0.15, 0.2) is 0 Å². The van der Waals surface area contributed by atoms with Crippen LogP contribution < -0.4 is 5.32 Å². The molecule has 2 N–H and O–H groups in total. The van der Waals surface area contributed by atoms with Crippen molar-refractivity contribution < 1.29 is 9.84 Å². The van der Waals surface area contributed by atoms with Gasteiger partial charge in [-0.3, -0.25) is 0 Å². The van der Waals surface area contributed by atoms with Gasteiger partial charge < -0.3 is 15.2 Å². The minimum absolute atomic E-state index is 0.160. The van der Waals surface area contributed by atoms with Gasteiger partial charge in [-0.15, -0.1) is 0 Å². The zero-order chi connectivity index (χ0) is 15.4. The van der Waals surface area contributed by atoms with Gasteiger partial charge in [-0.2, -0.15) is 0 Å². The number of aliphatic hydroxyl groups excluding tert-OH is 1. The Labute approximate surface area is 126 Å². The summed E-state index contributed by atoms with van der Waals surface area (Å²) in [6.45, 7) is 12.8. The maximum absolute atomic E-state index is 9.58. The van der Waals surface area contributed by atoms with Crippen LogP contribution in [-0.2, 0) is 4.74 Å². The molecule has 0 aliphatic heterocycles. The minimum atomic E-state index is -0.222. The van der Waals surface area contributed by atoms with Gasteiger partial charge in [0.2, 0.25) is 0 Å². The molecule has 0 saturated heterocycles. The van der Waals surface area contributed by atoms with Crippen molar-refractivity contribution in [2.75, 3.05) is 19.8 Å². The molecule has 0 aromatic heterocycles. The molecule has 3 nitrogen and oxygen atoms in total. The van der Waals surface area contributed by atoms with Crippen molar-refractivity contribution in [1.29, 1.82) is 0 Å². The van der Waals surface area contributed by atoms with E-state index in [9.17, 15) is 5.11 Å². The van der Waals surface area contributed by atoms with Gasteiger partial charge in [0.05, 0.1) is 12.7 Å². The Balaban J connectivity index is 4.08. The molecule has 0 aliphatic carbocycles. The Hall–Kier alpha value is -0.120. The van der Waals surface area contributed by atoms with E-state index < -0.39 is 0 Å². The quantitative estimate of drug-likeness (QED) is 0.542. The molecule has 3 unspecified atom stereocenters. The largest absolute Gasteiger partial charge is 0.394 e. The van der Waals surface area contributed by atoms with Gasteiger partial charge in [0.1, 0.15) is 0 Å². The average Bonchev–Trinajstić information content (AvgIpc) is 2.45. The molecule has 0 radical (unpaired) electrons. The first-order chi connectivity index (χ1) is 9.51. The summed E-state index contributed by atoms with van der Waals surface area (Å²) in [7, 11) is 0. The molecule has 0 saturated carbocycles. The molecule has 0 aromatic carbocycles. The molecule has 0 rings (SSSR count). The molecule has 0 heterocycles. The highest BCUT2D eigenvalue weighted by atomic mass is 16.5. The van der Waals surface area contributed by atoms with E-state index in [-0.39, 0.29) is 18.2 Å². The van der Waals surface area contributed by atoms with E-state index in [0.717, 1.165) is 26.0 Å². The van der Waals surface area contributed by atoms with E-state index in [0.29, 0.717) is 5.92 Å². The van der Waals surface area contributed by atoms with Gasteiger partial charge in [0.15, 0.2) is 0 Å². The summed E-state index contributed by atoms with van der Waals surface area (Å²) in [5.74, 6) is 0.682. The van der Waals surface area contributed by atoms with Gasteiger partial charge in [-0.25, -0.2) is 0 Å². The first-order valence-electron chi connectivity index (χ1n) is 8.48. The maximum atomic E-state index is 9.58. The summed E-state index contributed by atoms with van der Waals surface area (Å²) >= 11 is 0. The lowest BCUT2D eigenvalue weighted by Crippen LogP contribution is -2.48. The summed E-state index contributed by atoms with van der Waals surface area (Å²) in [5.41, 5.74) is -0.222. The van der Waals surface area contributed by atoms with Crippen LogP contribution in [0.2, 0.25) is 0 Å². The fourth-order valence-electron chi connectivity index (χ4n) is 2.51. The van der Waals surface area contributed by atoms with E-state index in [1.165, 1.54) is 25.7 Å². The van der Waals surface area contributed by atoms with E-state index >= 15 is 0 Å². The predicted octanol–water partition coefficient (Wildman–Crippen LogP) is 3.75. The highest BCUT2D eigenvalue weighted by Gasteiger charge is 2.25. The first kappa shape index (κ1) is 19.9. The van der Waals surface area contributed by atoms with Gasteiger partial charge >= 0.3 is 0 Å². The van der Waals surface area contributed by atoms with Gasteiger partial charge in [-0.05, 0) is 45.6 Å². The maximum Gasteiger partial charge on any atom is 0.0611 e. The number of ether oxygens (including phenoxy) is 1. The van der Waals surface area contributed by atoms with Crippen LogP contribution in [0.25, 0.3) is 0 Å². The summed E-state index contributed by atoms with van der Waals surface area (Å²) < 4.78 is 6.02. The first-order valence-corrected chi connectivity index (χ1v) is 8.48. The fraction of sp³-hybridized carbons (Fsp3) is 1.00. The van der Waals surface area contributed by atoms with Crippen molar-refractivity contribution in [2.45, 2.75) is 84.8 Å². The van der Waals surface area contributed by atoms with E-state index in [2.05, 4.69) is 39.9 Å². The summed E-state index contributed by atoms with van der Waals surface area (Å²) in [6, 6.07) is 0. The zero-order valence-electron chi connectivity index (χ0n) is 14.4. The van der Waals surface area contributed by atoms with E-state index in [1.54, 1.807) is 0 Å². The second-order valence-corrected chi connectivity index (χ2v) is 6.41. The van der Waals surface area contributed by atoms with Crippen molar-refractivity contribution in [3.8, 4) is 0 Å². The van der Waals surface area contributed by atoms with Gasteiger partial charge in [0.25, 0.3) is 0 Å². The van der Waals surface area contributed by atoms with Crippen molar-refractivity contribution in [3.05, 3.63) is 0 Å². The summed E-state index contributed by atoms with van der Waals surface area (Å²) in [6.07, 6.45) is 7.14. The zero-order valence-corrected chi connectivity index (χ0v) is 14.4. The standard InChI is InChI=1S/C17H37NO2/c1-6-9-10-16(8-3)13-20-15(4)12-17(5,14-19)18-11-7-2/h15-16,18-19H,6-14H2,1-5H3. The van der Waals surface area contributed by atoms with Crippen LogP contribution in [0.3, 0.4) is 0 Å². The average molecular weight is 287 g/mol. The van der Waals surface area contributed by atoms with Crippen molar-refractivity contribution in [2.24, 2.45) is 5.92 Å². The molecule has 0 fully saturated rings. The lowest BCUT2D eigenvalue weighted by atomic mass is 9.95.